The summed E-state index contributed by atoms with van der Waals surface area (Å²) in [6.07, 6.45) is 4.16. The molecule has 3 unspecified atom stereocenters. The largest absolute Gasteiger partial charge is 0.488 e. The highest BCUT2D eigenvalue weighted by Crippen LogP contribution is 2.43. The SMILES string of the molecule is CC(C)C1CC[C@@H](C)CC1Pc1cccc([Si](C)(C)C)c1OCc1ccccc1. The fourth-order valence-electron chi connectivity index (χ4n) is 4.69. The molecule has 1 saturated carbocycles. The van der Waals surface area contributed by atoms with E-state index in [0.717, 1.165) is 32.0 Å². The Morgan fingerprint density at radius 1 is 1.00 bits per heavy atom. The molecule has 29 heavy (non-hydrogen) atoms. The van der Waals surface area contributed by atoms with Crippen LogP contribution in [0.4, 0.5) is 0 Å². The summed E-state index contributed by atoms with van der Waals surface area (Å²) in [5.74, 6) is 3.68. The third-order valence-corrected chi connectivity index (χ3v) is 10.2. The quantitative estimate of drug-likeness (QED) is 0.359. The van der Waals surface area contributed by atoms with E-state index >= 15 is 0 Å². The maximum atomic E-state index is 6.59. The number of ether oxygens (including phenoxy) is 1. The molecule has 0 saturated heterocycles. The molecule has 0 spiro atoms. The number of para-hydroxylation sites is 1. The Kier molecular flexibility index (Phi) is 7.62. The Bertz CT molecular complexity index is 781. The third kappa shape index (κ3) is 5.95. The molecule has 0 bridgehead atoms. The van der Waals surface area contributed by atoms with Crippen molar-refractivity contribution >= 4 is 27.1 Å². The topological polar surface area (TPSA) is 9.23 Å². The Hall–Kier alpha value is -1.11. The zero-order chi connectivity index (χ0) is 21.0. The zero-order valence-electron chi connectivity index (χ0n) is 19.2. The van der Waals surface area contributed by atoms with E-state index < -0.39 is 8.07 Å². The first-order chi connectivity index (χ1) is 13.8. The lowest BCUT2D eigenvalue weighted by Crippen LogP contribution is -2.40. The minimum absolute atomic E-state index is 0.661. The summed E-state index contributed by atoms with van der Waals surface area (Å²) in [6, 6.07) is 17.5. The van der Waals surface area contributed by atoms with Crippen LogP contribution < -0.4 is 15.2 Å². The van der Waals surface area contributed by atoms with Crippen LogP contribution in [0.15, 0.2) is 48.5 Å². The second-order valence-electron chi connectivity index (χ2n) is 10.3. The first-order valence-corrected chi connectivity index (χ1v) is 15.9. The van der Waals surface area contributed by atoms with Crippen molar-refractivity contribution in [1.29, 1.82) is 0 Å². The Morgan fingerprint density at radius 3 is 2.38 bits per heavy atom. The fraction of sp³-hybridized carbons (Fsp3) is 0.538. The van der Waals surface area contributed by atoms with E-state index in [1.165, 1.54) is 41.1 Å². The van der Waals surface area contributed by atoms with Crippen LogP contribution in [0.25, 0.3) is 0 Å². The van der Waals surface area contributed by atoms with Gasteiger partial charge in [-0.15, -0.1) is 0 Å². The number of benzene rings is 2. The summed E-state index contributed by atoms with van der Waals surface area (Å²) >= 11 is 0. The zero-order valence-corrected chi connectivity index (χ0v) is 21.2. The summed E-state index contributed by atoms with van der Waals surface area (Å²) in [4.78, 5) is 0. The lowest BCUT2D eigenvalue weighted by molar-refractivity contribution is 0.243. The second kappa shape index (κ2) is 9.80. The summed E-state index contributed by atoms with van der Waals surface area (Å²) in [6.45, 7) is 15.2. The third-order valence-electron chi connectivity index (χ3n) is 6.41. The maximum Gasteiger partial charge on any atom is 0.126 e. The molecular formula is C26H39OPSi. The van der Waals surface area contributed by atoms with Gasteiger partial charge in [-0.2, -0.15) is 0 Å². The monoisotopic (exact) mass is 426 g/mol. The lowest BCUT2D eigenvalue weighted by atomic mass is 9.77. The molecule has 1 fully saturated rings. The predicted molar refractivity (Wildman–Crippen MR) is 133 cm³/mol. The van der Waals surface area contributed by atoms with Crippen LogP contribution in [0, 0.1) is 17.8 Å². The average Bonchev–Trinajstić information content (AvgIpc) is 2.66. The minimum atomic E-state index is -1.49. The van der Waals surface area contributed by atoms with Crippen molar-refractivity contribution in [2.24, 2.45) is 17.8 Å². The van der Waals surface area contributed by atoms with Gasteiger partial charge in [0.1, 0.15) is 12.4 Å². The summed E-state index contributed by atoms with van der Waals surface area (Å²) in [5.41, 5.74) is 2.05. The Morgan fingerprint density at radius 2 is 1.72 bits per heavy atom. The summed E-state index contributed by atoms with van der Waals surface area (Å²) in [5, 5.41) is 2.94. The van der Waals surface area contributed by atoms with Crippen molar-refractivity contribution in [1.82, 2.24) is 0 Å². The fourth-order valence-corrected chi connectivity index (χ4v) is 8.52. The predicted octanol–water partition coefficient (Wildman–Crippen LogP) is 6.58. The molecule has 2 aromatic rings. The smallest absolute Gasteiger partial charge is 0.126 e. The van der Waals surface area contributed by atoms with E-state index in [4.69, 9.17) is 4.74 Å². The van der Waals surface area contributed by atoms with E-state index in [2.05, 4.69) is 88.9 Å². The highest BCUT2D eigenvalue weighted by molar-refractivity contribution is 7.48. The van der Waals surface area contributed by atoms with Crippen LogP contribution in [0.3, 0.4) is 0 Å². The van der Waals surface area contributed by atoms with E-state index in [1.54, 1.807) is 0 Å². The molecule has 3 rings (SSSR count). The molecule has 4 atom stereocenters. The number of rotatable bonds is 7. The van der Waals surface area contributed by atoms with Crippen LogP contribution in [-0.4, -0.2) is 13.7 Å². The van der Waals surface area contributed by atoms with E-state index in [-0.39, 0.29) is 0 Å². The number of hydrogen-bond acceptors (Lipinski definition) is 1. The van der Waals surface area contributed by atoms with Gasteiger partial charge < -0.3 is 4.74 Å². The molecule has 0 heterocycles. The highest BCUT2D eigenvalue weighted by Gasteiger charge is 2.32. The Labute approximate surface area is 181 Å². The van der Waals surface area contributed by atoms with Gasteiger partial charge in [0, 0.05) is 5.30 Å². The van der Waals surface area contributed by atoms with Gasteiger partial charge in [-0.25, -0.2) is 0 Å². The van der Waals surface area contributed by atoms with Gasteiger partial charge in [-0.05, 0) is 47.0 Å². The van der Waals surface area contributed by atoms with Crippen LogP contribution >= 0.6 is 8.58 Å². The van der Waals surface area contributed by atoms with Crippen LogP contribution in [-0.2, 0) is 6.61 Å². The standard InChI is InChI=1S/C26H39OPSi/c1-19(2)22-16-15-20(3)17-24(22)28-23-13-10-14-25(29(4,5)6)26(23)27-18-21-11-8-7-9-12-21/h7-14,19-20,22,24,28H,15-18H2,1-6H3/t20-,22?,24?/m1/s1. The van der Waals surface area contributed by atoms with Crippen molar-refractivity contribution in [3.8, 4) is 5.75 Å². The van der Waals surface area contributed by atoms with Crippen LogP contribution in [0.1, 0.15) is 45.6 Å². The molecule has 0 N–H and O–H groups in total. The molecule has 0 aliphatic heterocycles. The van der Waals surface area contributed by atoms with Gasteiger partial charge in [0.15, 0.2) is 0 Å². The lowest BCUT2D eigenvalue weighted by Gasteiger charge is -2.38. The summed E-state index contributed by atoms with van der Waals surface area (Å²) < 4.78 is 6.59. The molecular weight excluding hydrogens is 387 g/mol. The Balaban J connectivity index is 1.90. The molecule has 0 radical (unpaired) electrons. The molecule has 1 aliphatic rings. The van der Waals surface area contributed by atoms with Gasteiger partial charge in [0.25, 0.3) is 0 Å². The van der Waals surface area contributed by atoms with Crippen molar-refractivity contribution in [3.63, 3.8) is 0 Å². The van der Waals surface area contributed by atoms with Gasteiger partial charge in [-0.3, -0.25) is 0 Å². The molecule has 158 valence electrons. The van der Waals surface area contributed by atoms with Crippen LogP contribution in [0.2, 0.25) is 19.6 Å². The van der Waals surface area contributed by atoms with Gasteiger partial charge >= 0.3 is 0 Å². The van der Waals surface area contributed by atoms with E-state index in [1.807, 2.05) is 0 Å². The van der Waals surface area contributed by atoms with Crippen molar-refractivity contribution in [3.05, 3.63) is 54.1 Å². The molecule has 1 aliphatic carbocycles. The van der Waals surface area contributed by atoms with Crippen molar-refractivity contribution in [2.75, 3.05) is 0 Å². The number of hydrogen-bond donors (Lipinski definition) is 0. The van der Waals surface area contributed by atoms with Gasteiger partial charge in [0.2, 0.25) is 0 Å². The second-order valence-corrected chi connectivity index (χ2v) is 16.9. The maximum absolute atomic E-state index is 6.59. The molecule has 0 aromatic heterocycles. The van der Waals surface area contributed by atoms with Crippen molar-refractivity contribution < 1.29 is 4.74 Å². The van der Waals surface area contributed by atoms with Gasteiger partial charge in [-0.1, -0.05) is 104 Å². The van der Waals surface area contributed by atoms with Crippen LogP contribution in [0.5, 0.6) is 5.75 Å². The van der Waals surface area contributed by atoms with Crippen molar-refractivity contribution in [2.45, 2.75) is 71.9 Å². The van der Waals surface area contributed by atoms with E-state index in [0.29, 0.717) is 6.61 Å². The first-order valence-electron chi connectivity index (χ1n) is 11.3. The van der Waals surface area contributed by atoms with E-state index in [9.17, 15) is 0 Å². The minimum Gasteiger partial charge on any atom is -0.488 e. The highest BCUT2D eigenvalue weighted by atomic mass is 31.1. The normalized spacial score (nSPS) is 23.1. The molecule has 2 aromatic carbocycles. The molecule has 1 nitrogen and oxygen atoms in total. The molecule has 3 heteroatoms. The summed E-state index contributed by atoms with van der Waals surface area (Å²) in [7, 11) is -0.634. The van der Waals surface area contributed by atoms with Gasteiger partial charge in [0.05, 0.1) is 8.07 Å². The molecule has 0 amide bonds. The average molecular weight is 427 g/mol. The first kappa shape index (κ1) is 22.6.